The van der Waals surface area contributed by atoms with Gasteiger partial charge in [-0.15, -0.1) is 0 Å². The lowest BCUT2D eigenvalue weighted by Crippen LogP contribution is -2.03. The minimum atomic E-state index is 0. The summed E-state index contributed by atoms with van der Waals surface area (Å²) in [4.78, 5) is 4.16. The third-order valence-electron chi connectivity index (χ3n) is 1.55. The van der Waals surface area contributed by atoms with Crippen LogP contribution in [0.4, 0.5) is 0 Å². The highest BCUT2D eigenvalue weighted by Crippen LogP contribution is 2.00. The maximum atomic E-state index is 5.37. The SMILES string of the molecule is C=Cn1ccnc1CCCN.O. The van der Waals surface area contributed by atoms with Gasteiger partial charge in [0.25, 0.3) is 0 Å². The van der Waals surface area contributed by atoms with Gasteiger partial charge in [-0.3, -0.25) is 0 Å². The van der Waals surface area contributed by atoms with E-state index in [9.17, 15) is 0 Å². The van der Waals surface area contributed by atoms with Gasteiger partial charge >= 0.3 is 0 Å². The number of nitrogens with two attached hydrogens (primary N) is 1. The first kappa shape index (κ1) is 10.9. The third kappa shape index (κ3) is 2.48. The summed E-state index contributed by atoms with van der Waals surface area (Å²) in [6, 6.07) is 0. The Morgan fingerprint density at radius 2 is 2.42 bits per heavy atom. The molecule has 1 aromatic rings. The Bertz CT molecular complexity index is 232. The van der Waals surface area contributed by atoms with E-state index in [2.05, 4.69) is 11.6 Å². The molecule has 0 amide bonds. The summed E-state index contributed by atoms with van der Waals surface area (Å²) in [5.41, 5.74) is 5.37. The number of imidazole rings is 1. The fraction of sp³-hybridized carbons (Fsp3) is 0.375. The van der Waals surface area contributed by atoms with Crippen LogP contribution in [-0.4, -0.2) is 21.6 Å². The van der Waals surface area contributed by atoms with E-state index < -0.39 is 0 Å². The largest absolute Gasteiger partial charge is 0.412 e. The van der Waals surface area contributed by atoms with Crippen molar-refractivity contribution < 1.29 is 5.48 Å². The molecule has 1 rings (SSSR count). The van der Waals surface area contributed by atoms with Gasteiger partial charge in [0.2, 0.25) is 0 Å². The molecule has 12 heavy (non-hydrogen) atoms. The number of nitrogens with zero attached hydrogens (tertiary/aromatic N) is 2. The van der Waals surface area contributed by atoms with Crippen molar-refractivity contribution in [2.24, 2.45) is 5.73 Å². The van der Waals surface area contributed by atoms with Gasteiger partial charge in [-0.05, 0) is 13.0 Å². The molecule has 0 aromatic carbocycles. The van der Waals surface area contributed by atoms with Crippen molar-refractivity contribution in [1.82, 2.24) is 9.55 Å². The summed E-state index contributed by atoms with van der Waals surface area (Å²) < 4.78 is 1.91. The maximum absolute atomic E-state index is 5.37. The summed E-state index contributed by atoms with van der Waals surface area (Å²) in [5, 5.41) is 0. The number of aromatic nitrogens is 2. The van der Waals surface area contributed by atoms with Crippen LogP contribution in [0.2, 0.25) is 0 Å². The van der Waals surface area contributed by atoms with E-state index in [-0.39, 0.29) is 5.48 Å². The van der Waals surface area contributed by atoms with Gasteiger partial charge in [-0.25, -0.2) is 4.98 Å². The highest BCUT2D eigenvalue weighted by Gasteiger charge is 1.97. The molecular formula is C8H15N3O. The van der Waals surface area contributed by atoms with Crippen molar-refractivity contribution in [3.05, 3.63) is 24.8 Å². The first-order valence-corrected chi connectivity index (χ1v) is 3.73. The monoisotopic (exact) mass is 169 g/mol. The van der Waals surface area contributed by atoms with Crippen LogP contribution in [0, 0.1) is 0 Å². The van der Waals surface area contributed by atoms with E-state index >= 15 is 0 Å². The fourth-order valence-electron chi connectivity index (χ4n) is 0.964. The highest BCUT2D eigenvalue weighted by molar-refractivity contribution is 5.19. The van der Waals surface area contributed by atoms with Gasteiger partial charge < -0.3 is 15.8 Å². The number of rotatable bonds is 4. The average molecular weight is 169 g/mol. The third-order valence-corrected chi connectivity index (χ3v) is 1.55. The van der Waals surface area contributed by atoms with E-state index in [4.69, 9.17) is 5.73 Å². The van der Waals surface area contributed by atoms with Gasteiger partial charge in [0.15, 0.2) is 0 Å². The van der Waals surface area contributed by atoms with Gasteiger partial charge in [-0.1, -0.05) is 6.58 Å². The molecule has 1 heterocycles. The zero-order valence-electron chi connectivity index (χ0n) is 7.03. The minimum Gasteiger partial charge on any atom is -0.412 e. The molecular weight excluding hydrogens is 154 g/mol. The summed E-state index contributed by atoms with van der Waals surface area (Å²) in [6.07, 6.45) is 7.31. The van der Waals surface area contributed by atoms with E-state index in [0.717, 1.165) is 18.7 Å². The molecule has 0 aliphatic carbocycles. The quantitative estimate of drug-likeness (QED) is 0.691. The van der Waals surface area contributed by atoms with Gasteiger partial charge in [0.05, 0.1) is 0 Å². The molecule has 0 radical (unpaired) electrons. The van der Waals surface area contributed by atoms with Crippen LogP contribution in [0.15, 0.2) is 19.0 Å². The molecule has 0 spiro atoms. The lowest BCUT2D eigenvalue weighted by Gasteiger charge is -1.99. The average Bonchev–Trinajstić information content (AvgIpc) is 2.47. The number of hydrogen-bond acceptors (Lipinski definition) is 2. The second kappa shape index (κ2) is 5.51. The molecule has 0 aliphatic rings. The Balaban J connectivity index is 0.00000121. The molecule has 0 aliphatic heterocycles. The van der Waals surface area contributed by atoms with Crippen molar-refractivity contribution in [1.29, 1.82) is 0 Å². The minimum absolute atomic E-state index is 0. The van der Waals surface area contributed by atoms with Crippen LogP contribution < -0.4 is 5.73 Å². The molecule has 0 atom stereocenters. The van der Waals surface area contributed by atoms with Crippen LogP contribution >= 0.6 is 0 Å². The molecule has 4 N–H and O–H groups in total. The smallest absolute Gasteiger partial charge is 0.112 e. The molecule has 0 saturated heterocycles. The second-order valence-corrected chi connectivity index (χ2v) is 2.33. The van der Waals surface area contributed by atoms with E-state index in [1.165, 1.54) is 0 Å². The number of hydrogen-bond donors (Lipinski definition) is 1. The Kier molecular flexibility index (Phi) is 4.99. The molecule has 4 nitrogen and oxygen atoms in total. The van der Waals surface area contributed by atoms with Crippen LogP contribution in [-0.2, 0) is 6.42 Å². The normalized spacial score (nSPS) is 9.08. The predicted octanol–water partition coefficient (Wildman–Crippen LogP) is 0.0502. The van der Waals surface area contributed by atoms with Gasteiger partial charge in [0.1, 0.15) is 5.82 Å². The summed E-state index contributed by atoms with van der Waals surface area (Å²) in [6.45, 7) is 4.38. The standard InChI is InChI=1S/C8H13N3.H2O/c1-2-11-7-6-10-8(11)4-3-5-9;/h2,6-7H,1,3-5,9H2;1H2. The summed E-state index contributed by atoms with van der Waals surface area (Å²) in [7, 11) is 0. The maximum Gasteiger partial charge on any atom is 0.112 e. The van der Waals surface area contributed by atoms with Crippen molar-refractivity contribution in [2.75, 3.05) is 6.54 Å². The molecule has 0 bridgehead atoms. The second-order valence-electron chi connectivity index (χ2n) is 2.33. The molecule has 0 unspecified atom stereocenters. The lowest BCUT2D eigenvalue weighted by molar-refractivity contribution is 0.774. The van der Waals surface area contributed by atoms with Crippen LogP contribution in [0.1, 0.15) is 12.2 Å². The van der Waals surface area contributed by atoms with E-state index in [1.54, 1.807) is 12.4 Å². The highest BCUT2D eigenvalue weighted by atomic mass is 16.0. The molecule has 4 heteroatoms. The fourth-order valence-corrected chi connectivity index (χ4v) is 0.964. The Morgan fingerprint density at radius 3 is 3.00 bits per heavy atom. The summed E-state index contributed by atoms with van der Waals surface area (Å²) >= 11 is 0. The van der Waals surface area contributed by atoms with Crippen molar-refractivity contribution >= 4 is 6.20 Å². The molecule has 0 saturated carbocycles. The van der Waals surface area contributed by atoms with Crippen LogP contribution in [0.5, 0.6) is 0 Å². The molecule has 1 aromatic heterocycles. The number of aryl methyl sites for hydroxylation is 1. The lowest BCUT2D eigenvalue weighted by atomic mass is 10.3. The van der Waals surface area contributed by atoms with Crippen molar-refractivity contribution in [3.8, 4) is 0 Å². The van der Waals surface area contributed by atoms with E-state index in [0.29, 0.717) is 6.54 Å². The summed E-state index contributed by atoms with van der Waals surface area (Å²) in [5.74, 6) is 1.03. The van der Waals surface area contributed by atoms with Crippen LogP contribution in [0.3, 0.4) is 0 Å². The predicted molar refractivity (Wildman–Crippen MR) is 49.6 cm³/mol. The van der Waals surface area contributed by atoms with Crippen LogP contribution in [0.25, 0.3) is 6.20 Å². The zero-order valence-corrected chi connectivity index (χ0v) is 7.03. The topological polar surface area (TPSA) is 75.3 Å². The first-order valence-electron chi connectivity index (χ1n) is 3.73. The molecule has 0 fully saturated rings. The van der Waals surface area contributed by atoms with Gasteiger partial charge in [0, 0.05) is 25.0 Å². The van der Waals surface area contributed by atoms with E-state index in [1.807, 2.05) is 10.8 Å². The van der Waals surface area contributed by atoms with Gasteiger partial charge in [-0.2, -0.15) is 0 Å². The first-order chi connectivity index (χ1) is 5.38. The Labute approximate surface area is 72.0 Å². The van der Waals surface area contributed by atoms with Crippen molar-refractivity contribution in [3.63, 3.8) is 0 Å². The molecule has 68 valence electrons. The Hall–Kier alpha value is -1.13. The van der Waals surface area contributed by atoms with Crippen molar-refractivity contribution in [2.45, 2.75) is 12.8 Å². The zero-order chi connectivity index (χ0) is 8.10. The Morgan fingerprint density at radius 1 is 1.67 bits per heavy atom.